The SMILES string of the molecule is O=C(Cl)c1c(C(F)(F)F)cc(C(F)(F)F)cc1C(F)(F)F. The highest BCUT2D eigenvalue weighted by atomic mass is 35.5. The average Bonchev–Trinajstić information content (AvgIpc) is 2.23. The highest BCUT2D eigenvalue weighted by Crippen LogP contribution is 2.43. The van der Waals surface area contributed by atoms with Gasteiger partial charge in [-0.15, -0.1) is 0 Å². The summed E-state index contributed by atoms with van der Waals surface area (Å²) < 4.78 is 113. The van der Waals surface area contributed by atoms with Crippen LogP contribution in [0.5, 0.6) is 0 Å². The Morgan fingerprint density at radius 3 is 1.29 bits per heavy atom. The summed E-state index contributed by atoms with van der Waals surface area (Å²) in [6.45, 7) is 0. The van der Waals surface area contributed by atoms with E-state index in [1.165, 1.54) is 0 Å². The second-order valence-electron chi connectivity index (χ2n) is 3.71. The molecular weight excluding hydrogens is 343 g/mol. The molecule has 1 aromatic carbocycles. The molecule has 0 saturated carbocycles. The van der Waals surface area contributed by atoms with Crippen molar-refractivity contribution in [1.82, 2.24) is 0 Å². The number of carbonyl (C=O) groups is 1. The molecule has 0 aliphatic carbocycles. The van der Waals surface area contributed by atoms with Crippen LogP contribution in [-0.2, 0) is 18.5 Å². The summed E-state index contributed by atoms with van der Waals surface area (Å²) in [5.74, 6) is 0. The van der Waals surface area contributed by atoms with Crippen LogP contribution in [0.25, 0.3) is 0 Å². The fourth-order valence-corrected chi connectivity index (χ4v) is 1.67. The molecule has 1 nitrogen and oxygen atoms in total. The molecule has 0 aliphatic heterocycles. The van der Waals surface area contributed by atoms with Crippen LogP contribution >= 0.6 is 11.6 Å². The van der Waals surface area contributed by atoms with Gasteiger partial charge in [-0.2, -0.15) is 39.5 Å². The van der Waals surface area contributed by atoms with Gasteiger partial charge in [-0.25, -0.2) is 0 Å². The topological polar surface area (TPSA) is 17.1 Å². The lowest BCUT2D eigenvalue weighted by Gasteiger charge is -2.19. The second-order valence-corrected chi connectivity index (χ2v) is 4.06. The first-order chi connectivity index (χ1) is 9.15. The number of benzene rings is 1. The van der Waals surface area contributed by atoms with Crippen molar-refractivity contribution in [1.29, 1.82) is 0 Å². The molecule has 0 atom stereocenters. The summed E-state index contributed by atoms with van der Waals surface area (Å²) in [5, 5.41) is -2.16. The number of rotatable bonds is 1. The standard InChI is InChI=1S/C10H2ClF9O/c11-7(21)6-4(9(15,16)17)1-3(8(12,13)14)2-5(6)10(18,19)20/h1-2H. The molecule has 0 spiro atoms. The minimum Gasteiger partial charge on any atom is -0.276 e. The zero-order valence-electron chi connectivity index (χ0n) is 9.34. The maximum atomic E-state index is 12.6. The van der Waals surface area contributed by atoms with Gasteiger partial charge in [-0.1, -0.05) is 0 Å². The van der Waals surface area contributed by atoms with E-state index in [1.807, 2.05) is 0 Å². The van der Waals surface area contributed by atoms with E-state index in [-0.39, 0.29) is 0 Å². The van der Waals surface area contributed by atoms with E-state index >= 15 is 0 Å². The molecule has 118 valence electrons. The smallest absolute Gasteiger partial charge is 0.276 e. The summed E-state index contributed by atoms with van der Waals surface area (Å²) in [6, 6.07) is -1.18. The maximum Gasteiger partial charge on any atom is 0.417 e. The van der Waals surface area contributed by atoms with Crippen LogP contribution in [-0.4, -0.2) is 5.24 Å². The van der Waals surface area contributed by atoms with Crippen molar-refractivity contribution in [3.05, 3.63) is 34.4 Å². The number of halogens is 10. The van der Waals surface area contributed by atoms with Gasteiger partial charge in [0, 0.05) is 0 Å². The van der Waals surface area contributed by atoms with Gasteiger partial charge in [0.15, 0.2) is 0 Å². The van der Waals surface area contributed by atoms with Crippen LogP contribution in [0.15, 0.2) is 12.1 Å². The number of alkyl halides is 9. The monoisotopic (exact) mass is 344 g/mol. The molecule has 0 amide bonds. The van der Waals surface area contributed by atoms with Crippen LogP contribution in [0.4, 0.5) is 39.5 Å². The summed E-state index contributed by atoms with van der Waals surface area (Å²) in [4.78, 5) is 10.8. The zero-order chi connectivity index (χ0) is 16.8. The molecule has 0 aromatic heterocycles. The van der Waals surface area contributed by atoms with Crippen molar-refractivity contribution in [2.45, 2.75) is 18.5 Å². The number of carbonyl (C=O) groups excluding carboxylic acids is 1. The number of hydrogen-bond donors (Lipinski definition) is 0. The highest BCUT2D eigenvalue weighted by molar-refractivity contribution is 6.68. The fraction of sp³-hybridized carbons (Fsp3) is 0.300. The molecule has 0 bridgehead atoms. The molecule has 0 radical (unpaired) electrons. The molecule has 21 heavy (non-hydrogen) atoms. The van der Waals surface area contributed by atoms with Crippen LogP contribution < -0.4 is 0 Å². The molecule has 0 aliphatic rings. The van der Waals surface area contributed by atoms with E-state index < -0.39 is 58.2 Å². The normalized spacial score (nSPS) is 13.4. The third-order valence-electron chi connectivity index (χ3n) is 2.27. The lowest BCUT2D eigenvalue weighted by molar-refractivity contribution is -0.148. The minimum atomic E-state index is -5.62. The van der Waals surface area contributed by atoms with Gasteiger partial charge in [0.1, 0.15) is 0 Å². The Balaban J connectivity index is 3.89. The first-order valence-electron chi connectivity index (χ1n) is 4.75. The van der Waals surface area contributed by atoms with E-state index in [2.05, 4.69) is 11.6 Å². The lowest BCUT2D eigenvalue weighted by Crippen LogP contribution is -2.21. The zero-order valence-corrected chi connectivity index (χ0v) is 10.1. The summed E-state index contributed by atoms with van der Waals surface area (Å²) in [7, 11) is 0. The predicted octanol–water partition coefficient (Wildman–Crippen LogP) is 5.12. The van der Waals surface area contributed by atoms with Crippen molar-refractivity contribution in [3.8, 4) is 0 Å². The number of hydrogen-bond acceptors (Lipinski definition) is 1. The predicted molar refractivity (Wildman–Crippen MR) is 51.6 cm³/mol. The van der Waals surface area contributed by atoms with E-state index in [0.29, 0.717) is 0 Å². The largest absolute Gasteiger partial charge is 0.417 e. The third kappa shape index (κ3) is 3.80. The minimum absolute atomic E-state index is 0.592. The molecular formula is C10H2ClF9O. The Hall–Kier alpha value is -1.45. The molecule has 1 aromatic rings. The Labute approximate surface area is 115 Å². The molecule has 11 heteroatoms. The lowest BCUT2D eigenvalue weighted by atomic mass is 9.97. The molecule has 1 rings (SSSR count). The van der Waals surface area contributed by atoms with Crippen molar-refractivity contribution in [2.75, 3.05) is 0 Å². The summed E-state index contributed by atoms with van der Waals surface area (Å²) in [5.41, 5.74) is -9.05. The van der Waals surface area contributed by atoms with Crippen LogP contribution in [0.2, 0.25) is 0 Å². The Morgan fingerprint density at radius 1 is 0.762 bits per heavy atom. The molecule has 0 saturated heterocycles. The molecule has 0 heterocycles. The van der Waals surface area contributed by atoms with E-state index in [0.717, 1.165) is 0 Å². The third-order valence-corrected chi connectivity index (χ3v) is 2.46. The van der Waals surface area contributed by atoms with Crippen LogP contribution in [0.1, 0.15) is 27.0 Å². The van der Waals surface area contributed by atoms with Crippen molar-refractivity contribution >= 4 is 16.8 Å². The average molecular weight is 345 g/mol. The van der Waals surface area contributed by atoms with Crippen LogP contribution in [0.3, 0.4) is 0 Å². The van der Waals surface area contributed by atoms with Gasteiger partial charge < -0.3 is 0 Å². The van der Waals surface area contributed by atoms with Gasteiger partial charge in [0.25, 0.3) is 5.24 Å². The van der Waals surface area contributed by atoms with Gasteiger partial charge in [-0.3, -0.25) is 4.79 Å². The van der Waals surface area contributed by atoms with E-state index in [1.54, 1.807) is 0 Å². The van der Waals surface area contributed by atoms with Crippen LogP contribution in [0, 0.1) is 0 Å². The van der Waals surface area contributed by atoms with Crippen molar-refractivity contribution in [2.24, 2.45) is 0 Å². The Kier molecular flexibility index (Phi) is 4.25. The molecule has 0 N–H and O–H groups in total. The first kappa shape index (κ1) is 17.6. The Morgan fingerprint density at radius 2 is 1.10 bits per heavy atom. The Bertz CT molecular complexity index is 532. The summed E-state index contributed by atoms with van der Waals surface area (Å²) in [6.07, 6.45) is -16.7. The molecule has 0 fully saturated rings. The van der Waals surface area contributed by atoms with E-state index in [4.69, 9.17) is 0 Å². The van der Waals surface area contributed by atoms with Gasteiger partial charge in [0.05, 0.1) is 22.3 Å². The quantitative estimate of drug-likeness (QED) is 0.510. The first-order valence-corrected chi connectivity index (χ1v) is 5.13. The highest BCUT2D eigenvalue weighted by Gasteiger charge is 2.46. The maximum absolute atomic E-state index is 12.6. The second kappa shape index (κ2) is 5.08. The fourth-order valence-electron chi connectivity index (χ4n) is 1.46. The van der Waals surface area contributed by atoms with Gasteiger partial charge >= 0.3 is 18.5 Å². The van der Waals surface area contributed by atoms with Crippen molar-refractivity contribution in [3.63, 3.8) is 0 Å². The summed E-state index contributed by atoms with van der Waals surface area (Å²) >= 11 is 4.67. The molecule has 0 unspecified atom stereocenters. The van der Waals surface area contributed by atoms with Crippen molar-refractivity contribution < 1.29 is 44.3 Å². The van der Waals surface area contributed by atoms with Gasteiger partial charge in [0.2, 0.25) is 0 Å². The van der Waals surface area contributed by atoms with E-state index in [9.17, 15) is 44.3 Å². The van der Waals surface area contributed by atoms with Gasteiger partial charge in [-0.05, 0) is 23.7 Å².